The molecule has 0 saturated heterocycles. The molecule has 0 aliphatic rings. The zero-order valence-electron chi connectivity index (χ0n) is 19.7. The lowest BCUT2D eigenvalue weighted by atomic mass is 10.0. The number of hydrogen-bond donors (Lipinski definition) is 4. The first-order chi connectivity index (χ1) is 17.9. The summed E-state index contributed by atoms with van der Waals surface area (Å²) in [6, 6.07) is 23.8. The monoisotopic (exact) mass is 515 g/mol. The molecule has 0 radical (unpaired) electrons. The Balaban J connectivity index is 1.36. The summed E-state index contributed by atoms with van der Waals surface area (Å²) < 4.78 is 5.12. The van der Waals surface area contributed by atoms with Crippen LogP contribution in [0, 0.1) is 0 Å². The Labute approximate surface area is 217 Å². The molecule has 2 amide bonds. The molecule has 1 atom stereocenters. The third-order valence-corrected chi connectivity index (χ3v) is 6.49. The van der Waals surface area contributed by atoms with E-state index < -0.39 is 18.1 Å². The highest BCUT2D eigenvalue weighted by Crippen LogP contribution is 2.30. The second-order valence-corrected chi connectivity index (χ2v) is 9.18. The van der Waals surface area contributed by atoms with Gasteiger partial charge in [-0.25, -0.2) is 9.59 Å². The molecule has 0 unspecified atom stereocenters. The molecule has 1 aromatic heterocycles. The van der Waals surface area contributed by atoms with Gasteiger partial charge in [-0.1, -0.05) is 54.6 Å². The molecule has 0 fully saturated rings. The van der Waals surface area contributed by atoms with Crippen LogP contribution in [-0.2, 0) is 22.6 Å². The minimum Gasteiger partial charge on any atom is -0.480 e. The number of nitrogens with one attached hydrogen (secondary N) is 2. The molecule has 1 heterocycles. The normalized spacial score (nSPS) is 11.4. The smallest absolute Gasteiger partial charge is 0.408 e. The minimum absolute atomic E-state index is 0.0213. The van der Waals surface area contributed by atoms with E-state index in [1.165, 1.54) is 0 Å². The van der Waals surface area contributed by atoms with Crippen LogP contribution in [0.4, 0.5) is 16.2 Å². The van der Waals surface area contributed by atoms with Crippen molar-refractivity contribution >= 4 is 40.7 Å². The van der Waals surface area contributed by atoms with Crippen LogP contribution in [0.5, 0.6) is 0 Å². The summed E-state index contributed by atoms with van der Waals surface area (Å²) in [6.45, 7) is 0.0313. The van der Waals surface area contributed by atoms with E-state index in [9.17, 15) is 19.5 Å². The summed E-state index contributed by atoms with van der Waals surface area (Å²) in [6.07, 6.45) is -0.803. The number of carboxylic acids is 1. The fourth-order valence-electron chi connectivity index (χ4n) is 3.59. The lowest BCUT2D eigenvalue weighted by Gasteiger charge is -2.15. The molecule has 0 spiro atoms. The van der Waals surface area contributed by atoms with Crippen molar-refractivity contribution in [1.82, 2.24) is 5.32 Å². The number of carbonyl (C=O) groups is 3. The van der Waals surface area contributed by atoms with Gasteiger partial charge in [0.05, 0.1) is 11.4 Å². The molecule has 188 valence electrons. The number of aliphatic carboxylic acids is 1. The van der Waals surface area contributed by atoms with Crippen molar-refractivity contribution in [3.63, 3.8) is 0 Å². The Morgan fingerprint density at radius 1 is 0.919 bits per heavy atom. The van der Waals surface area contributed by atoms with E-state index in [-0.39, 0.29) is 18.9 Å². The molecule has 0 saturated carbocycles. The van der Waals surface area contributed by atoms with Crippen molar-refractivity contribution in [1.29, 1.82) is 0 Å². The van der Waals surface area contributed by atoms with E-state index in [1.807, 2.05) is 47.8 Å². The number of nitrogen functional groups attached to an aromatic ring is 1. The highest BCUT2D eigenvalue weighted by Gasteiger charge is 2.21. The molecule has 4 rings (SSSR count). The van der Waals surface area contributed by atoms with E-state index in [0.717, 1.165) is 16.0 Å². The molecule has 4 aromatic rings. The first-order valence-corrected chi connectivity index (χ1v) is 12.3. The standard InChI is InChI=1S/C28H25N3O5S/c29-22-13-12-21(25-7-4-14-37-25)16-23(22)30-26(32)20-10-8-18(9-11-20)15-24(27(33)34)31-28(35)36-17-19-5-2-1-3-6-19/h1-14,16,24H,15,17,29H2,(H,30,32)(H,31,35)(H,33,34)/t24-/m0/s1. The maximum Gasteiger partial charge on any atom is 0.408 e. The van der Waals surface area contributed by atoms with Crippen molar-refractivity contribution in [2.75, 3.05) is 11.1 Å². The number of hydrogen-bond acceptors (Lipinski definition) is 6. The fraction of sp³-hybridized carbons (Fsp3) is 0.107. The average molecular weight is 516 g/mol. The Morgan fingerprint density at radius 3 is 2.35 bits per heavy atom. The SMILES string of the molecule is Nc1ccc(-c2cccs2)cc1NC(=O)c1ccc(C[C@H](NC(=O)OCc2ccccc2)C(=O)O)cc1. The van der Waals surface area contributed by atoms with Crippen molar-refractivity contribution in [2.24, 2.45) is 0 Å². The van der Waals surface area contributed by atoms with Gasteiger partial charge in [-0.15, -0.1) is 11.3 Å². The number of carbonyl (C=O) groups excluding carboxylic acids is 2. The van der Waals surface area contributed by atoms with Gasteiger partial charge in [-0.3, -0.25) is 4.79 Å². The summed E-state index contributed by atoms with van der Waals surface area (Å²) in [7, 11) is 0. The number of rotatable bonds is 9. The molecule has 5 N–H and O–H groups in total. The highest BCUT2D eigenvalue weighted by atomic mass is 32.1. The highest BCUT2D eigenvalue weighted by molar-refractivity contribution is 7.13. The van der Waals surface area contributed by atoms with Gasteiger partial charge < -0.3 is 26.2 Å². The minimum atomic E-state index is -1.19. The van der Waals surface area contributed by atoms with Crippen LogP contribution in [0.1, 0.15) is 21.5 Å². The van der Waals surface area contributed by atoms with Crippen LogP contribution in [0.2, 0.25) is 0 Å². The summed E-state index contributed by atoms with van der Waals surface area (Å²) in [5.41, 5.74) is 9.76. The van der Waals surface area contributed by atoms with Gasteiger partial charge in [0.1, 0.15) is 12.6 Å². The van der Waals surface area contributed by atoms with E-state index in [2.05, 4.69) is 10.6 Å². The van der Waals surface area contributed by atoms with E-state index >= 15 is 0 Å². The fourth-order valence-corrected chi connectivity index (χ4v) is 4.31. The summed E-state index contributed by atoms with van der Waals surface area (Å²) >= 11 is 1.59. The topological polar surface area (TPSA) is 131 Å². The third kappa shape index (κ3) is 6.96. The van der Waals surface area contributed by atoms with Gasteiger partial charge in [-0.2, -0.15) is 0 Å². The van der Waals surface area contributed by atoms with Gasteiger partial charge in [0.15, 0.2) is 0 Å². The van der Waals surface area contributed by atoms with E-state index in [0.29, 0.717) is 22.5 Å². The maximum atomic E-state index is 12.8. The van der Waals surface area contributed by atoms with Crippen LogP contribution in [-0.4, -0.2) is 29.1 Å². The zero-order valence-corrected chi connectivity index (χ0v) is 20.5. The first kappa shape index (κ1) is 25.5. The van der Waals surface area contributed by atoms with Crippen molar-refractivity contribution < 1.29 is 24.2 Å². The molecule has 8 nitrogen and oxygen atoms in total. The summed E-state index contributed by atoms with van der Waals surface area (Å²) in [5, 5.41) is 16.7. The second-order valence-electron chi connectivity index (χ2n) is 8.23. The van der Waals surface area contributed by atoms with Crippen LogP contribution in [0.25, 0.3) is 10.4 Å². The van der Waals surface area contributed by atoms with Crippen LogP contribution in [0.15, 0.2) is 90.3 Å². The van der Waals surface area contributed by atoms with Crippen molar-refractivity contribution in [3.8, 4) is 10.4 Å². The van der Waals surface area contributed by atoms with Gasteiger partial charge >= 0.3 is 12.1 Å². The Bertz CT molecular complexity index is 1370. The first-order valence-electron chi connectivity index (χ1n) is 11.4. The van der Waals surface area contributed by atoms with Crippen molar-refractivity contribution in [2.45, 2.75) is 19.1 Å². The van der Waals surface area contributed by atoms with Crippen LogP contribution >= 0.6 is 11.3 Å². The lowest BCUT2D eigenvalue weighted by Crippen LogP contribution is -2.42. The number of ether oxygens (including phenoxy) is 1. The summed E-state index contributed by atoms with van der Waals surface area (Å²) in [4.78, 5) is 37.7. The molecule has 3 aromatic carbocycles. The molecular formula is C28H25N3O5S. The number of alkyl carbamates (subject to hydrolysis) is 1. The van der Waals surface area contributed by atoms with Gasteiger partial charge in [0, 0.05) is 16.9 Å². The van der Waals surface area contributed by atoms with Gasteiger partial charge in [-0.05, 0) is 52.4 Å². The van der Waals surface area contributed by atoms with Crippen molar-refractivity contribution in [3.05, 3.63) is 107 Å². The molecule has 0 aliphatic carbocycles. The summed E-state index contributed by atoms with van der Waals surface area (Å²) in [5.74, 6) is -1.54. The zero-order chi connectivity index (χ0) is 26.2. The van der Waals surface area contributed by atoms with E-state index in [1.54, 1.807) is 53.8 Å². The van der Waals surface area contributed by atoms with E-state index in [4.69, 9.17) is 10.5 Å². The number of anilines is 2. The quantitative estimate of drug-likeness (QED) is 0.228. The number of nitrogens with two attached hydrogens (primary N) is 1. The van der Waals surface area contributed by atoms with Gasteiger partial charge in [0.2, 0.25) is 0 Å². The number of thiophene rings is 1. The van der Waals surface area contributed by atoms with Gasteiger partial charge in [0.25, 0.3) is 5.91 Å². The van der Waals surface area contributed by atoms with Crippen LogP contribution in [0.3, 0.4) is 0 Å². The Morgan fingerprint density at radius 2 is 1.68 bits per heavy atom. The molecule has 0 bridgehead atoms. The number of benzene rings is 3. The lowest BCUT2D eigenvalue weighted by molar-refractivity contribution is -0.139. The molecule has 9 heteroatoms. The largest absolute Gasteiger partial charge is 0.480 e. The molecule has 0 aliphatic heterocycles. The Kier molecular flexibility index (Phi) is 8.17. The second kappa shape index (κ2) is 11.9. The molecular weight excluding hydrogens is 490 g/mol. The predicted molar refractivity (Wildman–Crippen MR) is 143 cm³/mol. The third-order valence-electron chi connectivity index (χ3n) is 5.57. The predicted octanol–water partition coefficient (Wildman–Crippen LogP) is 5.17. The number of amides is 2. The number of carboxylic acid groups (broad SMARTS) is 1. The van der Waals surface area contributed by atoms with Crippen LogP contribution < -0.4 is 16.4 Å². The maximum absolute atomic E-state index is 12.8. The Hall–Kier alpha value is -4.63. The molecule has 37 heavy (non-hydrogen) atoms. The average Bonchev–Trinajstić information content (AvgIpc) is 3.44.